The Bertz CT molecular complexity index is 384. The van der Waals surface area contributed by atoms with E-state index >= 15 is 0 Å². The maximum atomic E-state index is 5.56. The standard InChI is InChI=1S/C11H18BrN5/c1-2-17-4-3-8(7-17)5-14-10-9(12)6-15-11(13)16-10/h6,8H,2-5,7H2,1H3,(H3,13,14,15,16). The Balaban J connectivity index is 1.88. The number of nitrogens with one attached hydrogen (secondary N) is 1. The van der Waals surface area contributed by atoms with E-state index in [0.717, 1.165) is 23.4 Å². The van der Waals surface area contributed by atoms with E-state index in [-0.39, 0.29) is 0 Å². The molecule has 3 N–H and O–H groups in total. The van der Waals surface area contributed by atoms with Gasteiger partial charge in [-0.1, -0.05) is 6.92 Å². The van der Waals surface area contributed by atoms with Crippen LogP contribution in [-0.4, -0.2) is 41.0 Å². The second kappa shape index (κ2) is 5.64. The van der Waals surface area contributed by atoms with E-state index in [1.807, 2.05) is 0 Å². The number of likely N-dealkylation sites (tertiary alicyclic amines) is 1. The molecule has 0 aromatic carbocycles. The third-order valence-electron chi connectivity index (χ3n) is 3.14. The van der Waals surface area contributed by atoms with Crippen molar-refractivity contribution in [2.75, 3.05) is 37.2 Å². The van der Waals surface area contributed by atoms with Crippen molar-refractivity contribution in [1.29, 1.82) is 0 Å². The molecule has 1 saturated heterocycles. The summed E-state index contributed by atoms with van der Waals surface area (Å²) >= 11 is 3.41. The molecule has 17 heavy (non-hydrogen) atoms. The first-order valence-electron chi connectivity index (χ1n) is 5.93. The summed E-state index contributed by atoms with van der Waals surface area (Å²) in [4.78, 5) is 10.6. The molecule has 6 heteroatoms. The van der Waals surface area contributed by atoms with Crippen LogP contribution in [0, 0.1) is 5.92 Å². The van der Waals surface area contributed by atoms with Crippen molar-refractivity contribution >= 4 is 27.7 Å². The van der Waals surface area contributed by atoms with Crippen LogP contribution in [0.5, 0.6) is 0 Å². The monoisotopic (exact) mass is 299 g/mol. The largest absolute Gasteiger partial charge is 0.369 e. The lowest BCUT2D eigenvalue weighted by molar-refractivity contribution is 0.345. The van der Waals surface area contributed by atoms with Crippen molar-refractivity contribution in [3.63, 3.8) is 0 Å². The molecule has 5 nitrogen and oxygen atoms in total. The third-order valence-corrected chi connectivity index (χ3v) is 3.72. The summed E-state index contributed by atoms with van der Waals surface area (Å²) in [7, 11) is 0. The van der Waals surface area contributed by atoms with Crippen LogP contribution >= 0.6 is 15.9 Å². The Kier molecular flexibility index (Phi) is 4.17. The van der Waals surface area contributed by atoms with Gasteiger partial charge in [-0.05, 0) is 41.4 Å². The highest BCUT2D eigenvalue weighted by atomic mass is 79.9. The highest BCUT2D eigenvalue weighted by Gasteiger charge is 2.21. The van der Waals surface area contributed by atoms with E-state index in [9.17, 15) is 0 Å². The van der Waals surface area contributed by atoms with Gasteiger partial charge in [-0.25, -0.2) is 4.98 Å². The summed E-state index contributed by atoms with van der Waals surface area (Å²) in [6.45, 7) is 6.65. The van der Waals surface area contributed by atoms with Crippen LogP contribution in [0.2, 0.25) is 0 Å². The van der Waals surface area contributed by atoms with Crippen LogP contribution in [0.3, 0.4) is 0 Å². The highest BCUT2D eigenvalue weighted by molar-refractivity contribution is 9.10. The Hall–Kier alpha value is -0.880. The van der Waals surface area contributed by atoms with Crippen LogP contribution in [0.25, 0.3) is 0 Å². The lowest BCUT2D eigenvalue weighted by Gasteiger charge is -2.14. The lowest BCUT2D eigenvalue weighted by Crippen LogP contribution is -2.22. The van der Waals surface area contributed by atoms with E-state index in [4.69, 9.17) is 5.73 Å². The molecule has 1 fully saturated rings. The molecule has 0 saturated carbocycles. The number of hydrogen-bond acceptors (Lipinski definition) is 5. The van der Waals surface area contributed by atoms with Gasteiger partial charge < -0.3 is 16.0 Å². The summed E-state index contributed by atoms with van der Waals surface area (Å²) in [5, 5.41) is 3.34. The van der Waals surface area contributed by atoms with Gasteiger partial charge in [0.05, 0.1) is 4.47 Å². The number of aromatic nitrogens is 2. The fourth-order valence-corrected chi connectivity index (χ4v) is 2.44. The van der Waals surface area contributed by atoms with Gasteiger partial charge in [0.25, 0.3) is 0 Å². The third kappa shape index (κ3) is 3.29. The van der Waals surface area contributed by atoms with Gasteiger partial charge >= 0.3 is 0 Å². The number of rotatable bonds is 4. The van der Waals surface area contributed by atoms with Gasteiger partial charge in [-0.2, -0.15) is 4.98 Å². The van der Waals surface area contributed by atoms with Crippen LogP contribution in [0.4, 0.5) is 11.8 Å². The second-order valence-corrected chi connectivity index (χ2v) is 5.21. The second-order valence-electron chi connectivity index (χ2n) is 4.35. The van der Waals surface area contributed by atoms with Gasteiger partial charge in [0.2, 0.25) is 5.95 Å². The van der Waals surface area contributed by atoms with Crippen LogP contribution in [0.1, 0.15) is 13.3 Å². The van der Waals surface area contributed by atoms with E-state index in [2.05, 4.69) is 43.0 Å². The molecule has 0 spiro atoms. The van der Waals surface area contributed by atoms with E-state index in [1.54, 1.807) is 6.20 Å². The zero-order valence-electron chi connectivity index (χ0n) is 9.99. The molecule has 1 aromatic heterocycles. The SMILES string of the molecule is CCN1CCC(CNc2nc(N)ncc2Br)C1. The summed E-state index contributed by atoms with van der Waals surface area (Å²) in [5.41, 5.74) is 5.56. The normalized spacial score (nSPS) is 20.7. The Labute approximate surface area is 110 Å². The summed E-state index contributed by atoms with van der Waals surface area (Å²) < 4.78 is 0.858. The molecule has 1 unspecified atom stereocenters. The predicted octanol–water partition coefficient (Wildman–Crippen LogP) is 1.57. The topological polar surface area (TPSA) is 67.1 Å². The van der Waals surface area contributed by atoms with Gasteiger partial charge in [-0.15, -0.1) is 0 Å². The molecular formula is C11H18BrN5. The molecule has 1 aliphatic heterocycles. The van der Waals surface area contributed by atoms with Crippen molar-refractivity contribution in [2.45, 2.75) is 13.3 Å². The quantitative estimate of drug-likeness (QED) is 0.883. The van der Waals surface area contributed by atoms with Crippen molar-refractivity contribution in [3.05, 3.63) is 10.7 Å². The molecule has 0 bridgehead atoms. The van der Waals surface area contributed by atoms with Crippen LogP contribution < -0.4 is 11.1 Å². The van der Waals surface area contributed by atoms with E-state index < -0.39 is 0 Å². The molecule has 1 aromatic rings. The zero-order chi connectivity index (χ0) is 12.3. The maximum absolute atomic E-state index is 5.56. The zero-order valence-corrected chi connectivity index (χ0v) is 11.6. The van der Waals surface area contributed by atoms with Crippen molar-refractivity contribution in [2.24, 2.45) is 5.92 Å². The molecule has 0 aliphatic carbocycles. The fraction of sp³-hybridized carbons (Fsp3) is 0.636. The van der Waals surface area contributed by atoms with Crippen molar-refractivity contribution in [3.8, 4) is 0 Å². The fourth-order valence-electron chi connectivity index (χ4n) is 2.11. The number of anilines is 2. The number of halogens is 1. The minimum Gasteiger partial charge on any atom is -0.369 e. The molecule has 2 heterocycles. The Morgan fingerprint density at radius 3 is 3.18 bits per heavy atom. The highest BCUT2D eigenvalue weighted by Crippen LogP contribution is 2.21. The van der Waals surface area contributed by atoms with E-state index in [0.29, 0.717) is 11.9 Å². The molecule has 94 valence electrons. The molecule has 0 radical (unpaired) electrons. The number of nitrogens with two attached hydrogens (primary N) is 1. The van der Waals surface area contributed by atoms with Crippen molar-refractivity contribution in [1.82, 2.24) is 14.9 Å². The number of hydrogen-bond donors (Lipinski definition) is 2. The van der Waals surface area contributed by atoms with Gasteiger partial charge in [0.15, 0.2) is 0 Å². The molecule has 0 amide bonds. The summed E-state index contributed by atoms with van der Waals surface area (Å²) in [5.74, 6) is 1.78. The van der Waals surface area contributed by atoms with E-state index in [1.165, 1.54) is 19.5 Å². The molecule has 2 rings (SSSR count). The molecule has 1 aliphatic rings. The first-order valence-corrected chi connectivity index (χ1v) is 6.72. The van der Waals surface area contributed by atoms with Crippen LogP contribution in [-0.2, 0) is 0 Å². The Morgan fingerprint density at radius 2 is 2.47 bits per heavy atom. The first kappa shape index (κ1) is 12.6. The molecule has 1 atom stereocenters. The number of nitrogen functional groups attached to an aromatic ring is 1. The predicted molar refractivity (Wildman–Crippen MR) is 72.9 cm³/mol. The smallest absolute Gasteiger partial charge is 0.221 e. The first-order chi connectivity index (χ1) is 8.19. The lowest BCUT2D eigenvalue weighted by atomic mass is 10.1. The average molecular weight is 300 g/mol. The average Bonchev–Trinajstić information content (AvgIpc) is 2.78. The van der Waals surface area contributed by atoms with Crippen molar-refractivity contribution < 1.29 is 0 Å². The van der Waals surface area contributed by atoms with Crippen LogP contribution in [0.15, 0.2) is 10.7 Å². The van der Waals surface area contributed by atoms with Gasteiger partial charge in [-0.3, -0.25) is 0 Å². The summed E-state index contributed by atoms with van der Waals surface area (Å²) in [6, 6.07) is 0. The molecular weight excluding hydrogens is 282 g/mol. The Morgan fingerprint density at radius 1 is 1.65 bits per heavy atom. The van der Waals surface area contributed by atoms with Gasteiger partial charge in [0.1, 0.15) is 5.82 Å². The minimum absolute atomic E-state index is 0.303. The maximum Gasteiger partial charge on any atom is 0.221 e. The summed E-state index contributed by atoms with van der Waals surface area (Å²) in [6.07, 6.45) is 2.93. The van der Waals surface area contributed by atoms with Gasteiger partial charge in [0, 0.05) is 19.3 Å². The minimum atomic E-state index is 0.303. The number of nitrogens with zero attached hydrogens (tertiary/aromatic N) is 3.